The van der Waals surface area contributed by atoms with Gasteiger partial charge in [0.05, 0.1) is 18.6 Å². The summed E-state index contributed by atoms with van der Waals surface area (Å²) in [5.41, 5.74) is -3.36. The van der Waals surface area contributed by atoms with Crippen LogP contribution in [-0.4, -0.2) is 63.1 Å². The second-order valence-corrected chi connectivity index (χ2v) is 24.4. The number of nitrogens with one attached hydrogen (secondary N) is 1. The first-order chi connectivity index (χ1) is 15.9. The van der Waals surface area contributed by atoms with Crippen molar-refractivity contribution in [3.8, 4) is 0 Å². The molecule has 2 N–H and O–H groups in total. The Morgan fingerprint density at radius 2 is 1.74 bits per heavy atom. The Balaban J connectivity index is 2.63. The number of carbonyl (C=O) groups excluding carboxylic acids is 2. The summed E-state index contributed by atoms with van der Waals surface area (Å²) in [5, 5.41) is 15.0. The second-order valence-electron chi connectivity index (χ2n) is 13.6. The molecule has 1 heterocycles. The Morgan fingerprint density at radius 3 is 2.23 bits per heavy atom. The van der Waals surface area contributed by atoms with Crippen molar-refractivity contribution in [3.63, 3.8) is 0 Å². The van der Waals surface area contributed by atoms with E-state index in [0.29, 0.717) is 0 Å². The Hall–Kier alpha value is -0.416. The zero-order valence-corrected chi connectivity index (χ0v) is 26.3. The van der Waals surface area contributed by atoms with Gasteiger partial charge in [-0.1, -0.05) is 59.7 Å². The van der Waals surface area contributed by atoms with Crippen molar-refractivity contribution in [2.75, 3.05) is 12.5 Å². The van der Waals surface area contributed by atoms with Gasteiger partial charge in [-0.3, -0.25) is 4.79 Å². The molecule has 2 fully saturated rings. The van der Waals surface area contributed by atoms with E-state index in [-0.39, 0.29) is 35.8 Å². The standard InChI is InChI=1S/C26H50ClNO5Si2/c1-24(2,3)35(8,9)33-21(19-13-11-10-12-14-19)26(23(30)32-17-18-34(5,6)7)25(4,31)20(15-16-27)22(29)28-26/h19-21,31H,10-18H2,1-9H3,(H,28,29). The first-order valence-electron chi connectivity index (χ1n) is 13.4. The van der Waals surface area contributed by atoms with E-state index in [9.17, 15) is 14.7 Å². The van der Waals surface area contributed by atoms with E-state index in [0.717, 1.165) is 38.1 Å². The molecule has 1 amide bonds. The van der Waals surface area contributed by atoms with Crippen LogP contribution in [0.5, 0.6) is 0 Å². The van der Waals surface area contributed by atoms with Crippen LogP contribution in [-0.2, 0) is 18.8 Å². The summed E-state index contributed by atoms with van der Waals surface area (Å²) in [6, 6.07) is 0.813. The lowest BCUT2D eigenvalue weighted by Gasteiger charge is -2.51. The van der Waals surface area contributed by atoms with Crippen molar-refractivity contribution in [1.82, 2.24) is 5.32 Å². The van der Waals surface area contributed by atoms with Gasteiger partial charge in [0.2, 0.25) is 5.91 Å². The predicted molar refractivity (Wildman–Crippen MR) is 148 cm³/mol. The van der Waals surface area contributed by atoms with Crippen molar-refractivity contribution < 1.29 is 23.9 Å². The molecule has 9 heteroatoms. The van der Waals surface area contributed by atoms with Gasteiger partial charge in [-0.15, -0.1) is 11.6 Å². The lowest BCUT2D eigenvalue weighted by Crippen LogP contribution is -2.73. The molecule has 204 valence electrons. The zero-order valence-electron chi connectivity index (χ0n) is 23.6. The van der Waals surface area contributed by atoms with E-state index < -0.39 is 45.5 Å². The fourth-order valence-electron chi connectivity index (χ4n) is 5.23. The molecule has 0 aromatic carbocycles. The largest absolute Gasteiger partial charge is 0.464 e. The number of esters is 1. The van der Waals surface area contributed by atoms with Gasteiger partial charge in [0.15, 0.2) is 13.9 Å². The van der Waals surface area contributed by atoms with Gasteiger partial charge >= 0.3 is 5.97 Å². The quantitative estimate of drug-likeness (QED) is 0.208. The van der Waals surface area contributed by atoms with Gasteiger partial charge in [0, 0.05) is 14.0 Å². The number of hydrogen-bond donors (Lipinski definition) is 2. The molecule has 4 atom stereocenters. The molecule has 1 aliphatic carbocycles. The average Bonchev–Trinajstić information content (AvgIpc) is 2.92. The van der Waals surface area contributed by atoms with Gasteiger partial charge in [-0.05, 0) is 56.3 Å². The van der Waals surface area contributed by atoms with Crippen molar-refractivity contribution in [1.29, 1.82) is 0 Å². The van der Waals surface area contributed by atoms with Crippen molar-refractivity contribution in [2.24, 2.45) is 11.8 Å². The lowest BCUT2D eigenvalue weighted by atomic mass is 9.67. The third kappa shape index (κ3) is 6.54. The van der Waals surface area contributed by atoms with Crippen LogP contribution in [0.15, 0.2) is 0 Å². The summed E-state index contributed by atoms with van der Waals surface area (Å²) in [7, 11) is -3.84. The SMILES string of the molecule is CC1(O)C(CCCl)C(=O)NC1(C(=O)OCC[Si](C)(C)C)C(O[Si](C)(C)C(C)(C)C)C1CCCCC1. The van der Waals surface area contributed by atoms with Crippen LogP contribution < -0.4 is 5.32 Å². The topological polar surface area (TPSA) is 84.9 Å². The molecule has 2 aliphatic rings. The van der Waals surface area contributed by atoms with Crippen LogP contribution >= 0.6 is 11.6 Å². The van der Waals surface area contributed by atoms with Crippen LogP contribution in [0.25, 0.3) is 0 Å². The van der Waals surface area contributed by atoms with Gasteiger partial charge < -0.3 is 19.6 Å². The molecule has 2 rings (SSSR count). The summed E-state index contributed by atoms with van der Waals surface area (Å²) in [5.74, 6) is -1.47. The fraction of sp³-hybridized carbons (Fsp3) is 0.923. The highest BCUT2D eigenvalue weighted by Gasteiger charge is 2.71. The minimum atomic E-state index is -2.39. The molecule has 6 nitrogen and oxygen atoms in total. The molecular weight excluding hydrogens is 498 g/mol. The zero-order chi connectivity index (χ0) is 26.9. The number of aliphatic hydroxyl groups is 1. The minimum absolute atomic E-state index is 0.0453. The average molecular weight is 548 g/mol. The van der Waals surface area contributed by atoms with Crippen LogP contribution in [0.1, 0.15) is 66.2 Å². The highest BCUT2D eigenvalue weighted by Crippen LogP contribution is 2.49. The van der Waals surface area contributed by atoms with Gasteiger partial charge in [-0.25, -0.2) is 4.79 Å². The first kappa shape index (κ1) is 30.8. The number of alkyl halides is 1. The van der Waals surface area contributed by atoms with Crippen molar-refractivity contribution >= 4 is 39.9 Å². The molecule has 0 aromatic rings. The molecule has 0 spiro atoms. The molecule has 1 aliphatic heterocycles. The second kappa shape index (κ2) is 11.1. The van der Waals surface area contributed by atoms with Crippen LogP contribution in [0.3, 0.4) is 0 Å². The highest BCUT2D eigenvalue weighted by molar-refractivity contribution is 6.76. The molecule has 0 radical (unpaired) electrons. The maximum absolute atomic E-state index is 14.1. The molecule has 35 heavy (non-hydrogen) atoms. The molecular formula is C26H50ClNO5Si2. The van der Waals surface area contributed by atoms with Gasteiger partial charge in [-0.2, -0.15) is 0 Å². The summed E-state index contributed by atoms with van der Waals surface area (Å²) in [6.07, 6.45) is 4.65. The maximum atomic E-state index is 14.1. The Kier molecular flexibility index (Phi) is 9.80. The number of carbonyl (C=O) groups is 2. The Morgan fingerprint density at radius 1 is 1.17 bits per heavy atom. The normalized spacial score (nSPS) is 29.7. The monoisotopic (exact) mass is 547 g/mol. The summed E-state index contributed by atoms with van der Waals surface area (Å²) in [6.45, 7) is 19.4. The Bertz CT molecular complexity index is 756. The van der Waals surface area contributed by atoms with E-state index in [1.165, 1.54) is 0 Å². The van der Waals surface area contributed by atoms with E-state index in [4.69, 9.17) is 20.8 Å². The molecule has 0 bridgehead atoms. The number of ether oxygens (including phenoxy) is 1. The third-order valence-electron chi connectivity index (χ3n) is 8.65. The summed E-state index contributed by atoms with van der Waals surface area (Å²) in [4.78, 5) is 27.4. The Labute approximate surface area is 220 Å². The first-order valence-corrected chi connectivity index (χ1v) is 20.5. The summed E-state index contributed by atoms with van der Waals surface area (Å²) < 4.78 is 13.0. The number of amides is 1. The van der Waals surface area contributed by atoms with E-state index in [2.05, 4.69) is 58.8 Å². The van der Waals surface area contributed by atoms with E-state index in [1.54, 1.807) is 6.92 Å². The lowest BCUT2D eigenvalue weighted by molar-refractivity contribution is -0.176. The van der Waals surface area contributed by atoms with Crippen molar-refractivity contribution in [3.05, 3.63) is 0 Å². The fourth-order valence-corrected chi connectivity index (χ4v) is 7.52. The molecule has 1 saturated carbocycles. The van der Waals surface area contributed by atoms with Gasteiger partial charge in [0.1, 0.15) is 5.60 Å². The van der Waals surface area contributed by atoms with Crippen molar-refractivity contribution in [2.45, 2.75) is 127 Å². The highest BCUT2D eigenvalue weighted by atomic mass is 35.5. The van der Waals surface area contributed by atoms with Crippen LogP contribution in [0.2, 0.25) is 43.8 Å². The smallest absolute Gasteiger partial charge is 0.337 e. The van der Waals surface area contributed by atoms with Crippen LogP contribution in [0, 0.1) is 11.8 Å². The molecule has 0 aromatic heterocycles. The number of halogens is 1. The third-order valence-corrected chi connectivity index (χ3v) is 15.0. The van der Waals surface area contributed by atoms with Crippen LogP contribution in [0.4, 0.5) is 0 Å². The van der Waals surface area contributed by atoms with E-state index >= 15 is 0 Å². The number of rotatable bonds is 10. The molecule has 4 unspecified atom stereocenters. The molecule has 1 saturated heterocycles. The predicted octanol–water partition coefficient (Wildman–Crippen LogP) is 5.70. The number of hydrogen-bond acceptors (Lipinski definition) is 5. The maximum Gasteiger partial charge on any atom is 0.337 e. The van der Waals surface area contributed by atoms with Gasteiger partial charge in [0.25, 0.3) is 0 Å². The summed E-state index contributed by atoms with van der Waals surface area (Å²) >= 11 is 6.05. The minimum Gasteiger partial charge on any atom is -0.464 e. The van der Waals surface area contributed by atoms with E-state index in [1.807, 2.05) is 0 Å².